The molecule has 0 spiro atoms. The monoisotopic (exact) mass is 310 g/mol. The Balaban J connectivity index is 1.57. The Morgan fingerprint density at radius 1 is 1.17 bits per heavy atom. The SMILES string of the molecule is O=C(N[C@H]1CCOC1)c1cncc(-c2ccc3c(c2)CCO3)c1. The number of hydrogen-bond acceptors (Lipinski definition) is 4. The number of rotatable bonds is 3. The van der Waals surface area contributed by atoms with E-state index in [9.17, 15) is 4.79 Å². The molecule has 0 saturated carbocycles. The number of ether oxygens (including phenoxy) is 2. The Hall–Kier alpha value is -2.40. The molecule has 118 valence electrons. The molecule has 4 rings (SSSR count). The average molecular weight is 310 g/mol. The summed E-state index contributed by atoms with van der Waals surface area (Å²) in [7, 11) is 0. The summed E-state index contributed by atoms with van der Waals surface area (Å²) in [4.78, 5) is 16.6. The van der Waals surface area contributed by atoms with Gasteiger partial charge in [-0.25, -0.2) is 0 Å². The Labute approximate surface area is 134 Å². The highest BCUT2D eigenvalue weighted by Gasteiger charge is 2.19. The fourth-order valence-corrected chi connectivity index (χ4v) is 3.01. The van der Waals surface area contributed by atoms with Gasteiger partial charge in [-0.05, 0) is 35.7 Å². The van der Waals surface area contributed by atoms with Crippen LogP contribution in [0.1, 0.15) is 22.3 Å². The fraction of sp³-hybridized carbons (Fsp3) is 0.333. The smallest absolute Gasteiger partial charge is 0.253 e. The molecule has 5 heteroatoms. The molecule has 23 heavy (non-hydrogen) atoms. The van der Waals surface area contributed by atoms with Crippen LogP contribution in [0.15, 0.2) is 36.7 Å². The summed E-state index contributed by atoms with van der Waals surface area (Å²) in [6.45, 7) is 2.03. The van der Waals surface area contributed by atoms with Crippen molar-refractivity contribution in [2.24, 2.45) is 0 Å². The summed E-state index contributed by atoms with van der Waals surface area (Å²) < 4.78 is 10.8. The molecule has 0 bridgehead atoms. The summed E-state index contributed by atoms with van der Waals surface area (Å²) in [6.07, 6.45) is 5.18. The molecular weight excluding hydrogens is 292 g/mol. The number of nitrogens with one attached hydrogen (secondary N) is 1. The van der Waals surface area contributed by atoms with Crippen LogP contribution >= 0.6 is 0 Å². The van der Waals surface area contributed by atoms with Crippen LogP contribution in [0.3, 0.4) is 0 Å². The van der Waals surface area contributed by atoms with Gasteiger partial charge in [0.05, 0.1) is 24.8 Å². The predicted molar refractivity (Wildman–Crippen MR) is 85.6 cm³/mol. The zero-order chi connectivity index (χ0) is 15.6. The summed E-state index contributed by atoms with van der Waals surface area (Å²) in [6, 6.07) is 8.10. The molecule has 2 aromatic rings. The van der Waals surface area contributed by atoms with Crippen molar-refractivity contribution in [1.82, 2.24) is 10.3 Å². The number of amides is 1. The van der Waals surface area contributed by atoms with E-state index in [-0.39, 0.29) is 11.9 Å². The maximum absolute atomic E-state index is 12.3. The normalized spacial score (nSPS) is 19.2. The Morgan fingerprint density at radius 2 is 2.13 bits per heavy atom. The van der Waals surface area contributed by atoms with Crippen molar-refractivity contribution in [3.8, 4) is 16.9 Å². The van der Waals surface area contributed by atoms with Gasteiger partial charge in [0, 0.05) is 31.0 Å². The lowest BCUT2D eigenvalue weighted by Gasteiger charge is -2.11. The van der Waals surface area contributed by atoms with Gasteiger partial charge in [0.2, 0.25) is 0 Å². The van der Waals surface area contributed by atoms with Gasteiger partial charge in [-0.1, -0.05) is 6.07 Å². The van der Waals surface area contributed by atoms with Gasteiger partial charge < -0.3 is 14.8 Å². The van der Waals surface area contributed by atoms with Crippen LogP contribution in [0.4, 0.5) is 0 Å². The molecule has 1 saturated heterocycles. The Bertz CT molecular complexity index is 739. The number of benzene rings is 1. The molecule has 0 unspecified atom stereocenters. The molecular formula is C18H18N2O3. The van der Waals surface area contributed by atoms with Crippen LogP contribution < -0.4 is 10.1 Å². The van der Waals surface area contributed by atoms with Gasteiger partial charge in [0.1, 0.15) is 5.75 Å². The summed E-state index contributed by atoms with van der Waals surface area (Å²) in [5.74, 6) is 0.858. The van der Waals surface area contributed by atoms with Gasteiger partial charge in [-0.3, -0.25) is 9.78 Å². The minimum Gasteiger partial charge on any atom is -0.493 e. The number of carbonyl (C=O) groups is 1. The molecule has 3 heterocycles. The fourth-order valence-electron chi connectivity index (χ4n) is 3.01. The van der Waals surface area contributed by atoms with E-state index in [2.05, 4.69) is 16.4 Å². The minimum atomic E-state index is -0.0978. The van der Waals surface area contributed by atoms with E-state index in [0.717, 1.165) is 36.3 Å². The molecule has 1 aromatic heterocycles. The van der Waals surface area contributed by atoms with Crippen molar-refractivity contribution in [3.63, 3.8) is 0 Å². The number of hydrogen-bond donors (Lipinski definition) is 1. The highest BCUT2D eigenvalue weighted by molar-refractivity contribution is 5.95. The van der Waals surface area contributed by atoms with Crippen LogP contribution in [0.5, 0.6) is 5.75 Å². The third kappa shape index (κ3) is 2.92. The topological polar surface area (TPSA) is 60.5 Å². The number of fused-ring (bicyclic) bond motifs is 1. The van der Waals surface area contributed by atoms with E-state index in [1.165, 1.54) is 5.56 Å². The molecule has 1 atom stereocenters. The largest absolute Gasteiger partial charge is 0.493 e. The van der Waals surface area contributed by atoms with Crippen LogP contribution in [0.25, 0.3) is 11.1 Å². The Kier molecular flexibility index (Phi) is 3.71. The molecule has 2 aliphatic heterocycles. The average Bonchev–Trinajstić information content (AvgIpc) is 3.25. The van der Waals surface area contributed by atoms with Crippen LogP contribution in [0, 0.1) is 0 Å². The summed E-state index contributed by atoms with van der Waals surface area (Å²) in [5.41, 5.74) is 3.78. The zero-order valence-electron chi connectivity index (χ0n) is 12.7. The van der Waals surface area contributed by atoms with Crippen molar-refractivity contribution >= 4 is 5.91 Å². The standard InChI is InChI=1S/C18H18N2O3/c21-18(20-16-4-5-22-11-16)15-8-14(9-19-10-15)12-1-2-17-13(7-12)3-6-23-17/h1-2,7-10,16H,3-6,11H2,(H,20,21)/t16-/m0/s1. The van der Waals surface area contributed by atoms with Gasteiger partial charge in [0.25, 0.3) is 5.91 Å². The van der Waals surface area contributed by atoms with Crippen molar-refractivity contribution in [2.75, 3.05) is 19.8 Å². The number of pyridine rings is 1. The van der Waals surface area contributed by atoms with Crippen LogP contribution in [0.2, 0.25) is 0 Å². The predicted octanol–water partition coefficient (Wildman–Crippen LogP) is 2.20. The van der Waals surface area contributed by atoms with Crippen LogP contribution in [-0.2, 0) is 11.2 Å². The van der Waals surface area contributed by atoms with Crippen molar-refractivity contribution in [2.45, 2.75) is 18.9 Å². The summed E-state index contributed by atoms with van der Waals surface area (Å²) in [5, 5.41) is 2.99. The highest BCUT2D eigenvalue weighted by atomic mass is 16.5. The van der Waals surface area contributed by atoms with E-state index >= 15 is 0 Å². The van der Waals surface area contributed by atoms with Gasteiger partial charge >= 0.3 is 0 Å². The third-order valence-electron chi connectivity index (χ3n) is 4.29. The molecule has 1 fully saturated rings. The first-order chi connectivity index (χ1) is 11.3. The maximum atomic E-state index is 12.3. The van der Waals surface area contributed by atoms with Gasteiger partial charge in [-0.2, -0.15) is 0 Å². The number of carbonyl (C=O) groups excluding carboxylic acids is 1. The second-order valence-electron chi connectivity index (χ2n) is 5.92. The van der Waals surface area contributed by atoms with E-state index in [0.29, 0.717) is 18.8 Å². The van der Waals surface area contributed by atoms with E-state index in [1.807, 2.05) is 18.2 Å². The molecule has 1 amide bonds. The molecule has 1 N–H and O–H groups in total. The molecule has 2 aliphatic rings. The molecule has 0 radical (unpaired) electrons. The third-order valence-corrected chi connectivity index (χ3v) is 4.29. The number of nitrogens with zero attached hydrogens (tertiary/aromatic N) is 1. The van der Waals surface area contributed by atoms with E-state index < -0.39 is 0 Å². The van der Waals surface area contributed by atoms with Gasteiger partial charge in [-0.15, -0.1) is 0 Å². The van der Waals surface area contributed by atoms with Crippen LogP contribution in [-0.4, -0.2) is 36.8 Å². The summed E-state index contributed by atoms with van der Waals surface area (Å²) >= 11 is 0. The van der Waals surface area contributed by atoms with E-state index in [4.69, 9.17) is 9.47 Å². The second kappa shape index (κ2) is 6.01. The second-order valence-corrected chi connectivity index (χ2v) is 5.92. The van der Waals surface area contributed by atoms with Crippen molar-refractivity contribution < 1.29 is 14.3 Å². The minimum absolute atomic E-state index is 0.0978. The zero-order valence-corrected chi connectivity index (χ0v) is 12.7. The lowest BCUT2D eigenvalue weighted by molar-refractivity contribution is 0.0929. The first kappa shape index (κ1) is 14.2. The lowest BCUT2D eigenvalue weighted by Crippen LogP contribution is -2.35. The highest BCUT2D eigenvalue weighted by Crippen LogP contribution is 2.30. The van der Waals surface area contributed by atoms with E-state index in [1.54, 1.807) is 12.4 Å². The molecule has 0 aliphatic carbocycles. The Morgan fingerprint density at radius 3 is 3.00 bits per heavy atom. The van der Waals surface area contributed by atoms with Crippen molar-refractivity contribution in [1.29, 1.82) is 0 Å². The number of aromatic nitrogens is 1. The maximum Gasteiger partial charge on any atom is 0.253 e. The quantitative estimate of drug-likeness (QED) is 0.944. The van der Waals surface area contributed by atoms with Gasteiger partial charge in [0.15, 0.2) is 0 Å². The molecule has 5 nitrogen and oxygen atoms in total. The lowest BCUT2D eigenvalue weighted by atomic mass is 10.0. The van der Waals surface area contributed by atoms with Crippen molar-refractivity contribution in [3.05, 3.63) is 47.8 Å². The first-order valence-electron chi connectivity index (χ1n) is 7.89. The molecule has 1 aromatic carbocycles. The first-order valence-corrected chi connectivity index (χ1v) is 7.89.